The van der Waals surface area contributed by atoms with Crippen LogP contribution in [0.2, 0.25) is 0 Å². The van der Waals surface area contributed by atoms with Crippen molar-refractivity contribution in [1.82, 2.24) is 9.97 Å². The predicted octanol–water partition coefficient (Wildman–Crippen LogP) is 1.69. The van der Waals surface area contributed by atoms with Gasteiger partial charge in [-0.3, -0.25) is 0 Å². The first kappa shape index (κ1) is 12.0. The van der Waals surface area contributed by atoms with Crippen LogP contribution in [0.1, 0.15) is 26.7 Å². The highest BCUT2D eigenvalue weighted by Crippen LogP contribution is 2.37. The van der Waals surface area contributed by atoms with Crippen LogP contribution in [0.3, 0.4) is 0 Å². The molecule has 1 fully saturated rings. The van der Waals surface area contributed by atoms with E-state index in [9.17, 15) is 0 Å². The normalized spacial score (nSPS) is 16.6. The maximum atomic E-state index is 6.04. The van der Waals surface area contributed by atoms with Gasteiger partial charge in [0.25, 0.3) is 0 Å². The van der Waals surface area contributed by atoms with Crippen LogP contribution in [0.15, 0.2) is 6.33 Å². The van der Waals surface area contributed by atoms with E-state index in [4.69, 9.17) is 10.5 Å². The molecular weight excluding hydrogens is 216 g/mol. The van der Waals surface area contributed by atoms with Crippen LogP contribution in [0.5, 0.6) is 5.88 Å². The largest absolute Gasteiger partial charge is 0.476 e. The van der Waals surface area contributed by atoms with Gasteiger partial charge >= 0.3 is 0 Å². The third-order valence-corrected chi connectivity index (χ3v) is 3.36. The van der Waals surface area contributed by atoms with Gasteiger partial charge in [-0.2, -0.15) is 4.98 Å². The summed E-state index contributed by atoms with van der Waals surface area (Å²) >= 11 is 0. The molecule has 1 aromatic rings. The summed E-state index contributed by atoms with van der Waals surface area (Å²) in [7, 11) is 2.03. The average Bonchev–Trinajstić information content (AvgIpc) is 3.14. The predicted molar refractivity (Wildman–Crippen MR) is 68.2 cm³/mol. The van der Waals surface area contributed by atoms with E-state index in [1.165, 1.54) is 19.2 Å². The molecule has 1 aliphatic rings. The Hall–Kier alpha value is -1.52. The molecule has 5 heteroatoms. The van der Waals surface area contributed by atoms with Crippen LogP contribution >= 0.6 is 0 Å². The zero-order chi connectivity index (χ0) is 12.4. The number of ether oxygens (including phenoxy) is 1. The number of rotatable bonds is 5. The fourth-order valence-electron chi connectivity index (χ4n) is 1.99. The van der Waals surface area contributed by atoms with Crippen LogP contribution in [0.4, 0.5) is 11.5 Å². The Kier molecular flexibility index (Phi) is 3.36. The quantitative estimate of drug-likeness (QED) is 0.842. The van der Waals surface area contributed by atoms with Crippen LogP contribution in [0.25, 0.3) is 0 Å². The van der Waals surface area contributed by atoms with Crippen LogP contribution in [-0.2, 0) is 0 Å². The highest BCUT2D eigenvalue weighted by molar-refractivity contribution is 5.67. The van der Waals surface area contributed by atoms with Gasteiger partial charge in [0.15, 0.2) is 5.82 Å². The SMILES string of the molecule is CCOc1ncnc(N(C)C(C)C2CC2)c1N. The monoisotopic (exact) mass is 236 g/mol. The average molecular weight is 236 g/mol. The highest BCUT2D eigenvalue weighted by atomic mass is 16.5. The molecule has 2 N–H and O–H groups in total. The zero-order valence-electron chi connectivity index (χ0n) is 10.7. The van der Waals surface area contributed by atoms with Crippen LogP contribution in [-0.4, -0.2) is 29.7 Å². The second kappa shape index (κ2) is 4.77. The maximum Gasteiger partial charge on any atom is 0.242 e. The summed E-state index contributed by atoms with van der Waals surface area (Å²) in [4.78, 5) is 10.4. The summed E-state index contributed by atoms with van der Waals surface area (Å²) in [5, 5.41) is 0. The van der Waals surface area contributed by atoms with Crippen molar-refractivity contribution in [3.8, 4) is 5.88 Å². The lowest BCUT2D eigenvalue weighted by molar-refractivity contribution is 0.328. The standard InChI is InChI=1S/C12H20N4O/c1-4-17-12-10(13)11(14-7-15-12)16(3)8(2)9-5-6-9/h7-9H,4-6,13H2,1-3H3. The number of nitrogen functional groups attached to an aromatic ring is 1. The van der Waals surface area contributed by atoms with E-state index in [0.29, 0.717) is 24.2 Å². The minimum Gasteiger partial charge on any atom is -0.476 e. The Morgan fingerprint density at radius 3 is 2.82 bits per heavy atom. The van der Waals surface area contributed by atoms with E-state index >= 15 is 0 Å². The van der Waals surface area contributed by atoms with E-state index in [2.05, 4.69) is 21.8 Å². The number of anilines is 2. The van der Waals surface area contributed by atoms with Gasteiger partial charge in [-0.25, -0.2) is 4.98 Å². The highest BCUT2D eigenvalue weighted by Gasteiger charge is 2.32. The third-order valence-electron chi connectivity index (χ3n) is 3.36. The molecule has 94 valence electrons. The number of hydrogen-bond acceptors (Lipinski definition) is 5. The summed E-state index contributed by atoms with van der Waals surface area (Å²) in [6.07, 6.45) is 4.11. The molecule has 0 spiro atoms. The minimum atomic E-state index is 0.460. The smallest absolute Gasteiger partial charge is 0.242 e. The molecule has 1 aliphatic carbocycles. The van der Waals surface area contributed by atoms with E-state index in [0.717, 1.165) is 11.7 Å². The molecule has 0 amide bonds. The molecule has 0 radical (unpaired) electrons. The van der Waals surface area contributed by atoms with E-state index in [1.54, 1.807) is 0 Å². The molecule has 0 bridgehead atoms. The van der Waals surface area contributed by atoms with Crippen LogP contribution in [0, 0.1) is 5.92 Å². The molecule has 1 atom stereocenters. The van der Waals surface area contributed by atoms with Gasteiger partial charge in [-0.1, -0.05) is 0 Å². The van der Waals surface area contributed by atoms with Gasteiger partial charge in [0.05, 0.1) is 6.61 Å². The van der Waals surface area contributed by atoms with Crippen molar-refractivity contribution in [2.45, 2.75) is 32.7 Å². The first-order chi connectivity index (χ1) is 8.15. The van der Waals surface area contributed by atoms with Crippen molar-refractivity contribution in [3.63, 3.8) is 0 Å². The zero-order valence-corrected chi connectivity index (χ0v) is 10.7. The lowest BCUT2D eigenvalue weighted by atomic mass is 10.2. The van der Waals surface area contributed by atoms with Crippen molar-refractivity contribution in [1.29, 1.82) is 0 Å². The Morgan fingerprint density at radius 1 is 1.53 bits per heavy atom. The fraction of sp³-hybridized carbons (Fsp3) is 0.667. The number of hydrogen-bond donors (Lipinski definition) is 1. The summed E-state index contributed by atoms with van der Waals surface area (Å²) < 4.78 is 5.38. The molecule has 0 saturated heterocycles. The number of nitrogens with zero attached hydrogens (tertiary/aromatic N) is 3. The van der Waals surface area contributed by atoms with Crippen LogP contribution < -0.4 is 15.4 Å². The van der Waals surface area contributed by atoms with Gasteiger partial charge in [0.2, 0.25) is 5.88 Å². The molecule has 1 aromatic heterocycles. The first-order valence-electron chi connectivity index (χ1n) is 6.11. The summed E-state index contributed by atoms with van der Waals surface area (Å²) in [5.41, 5.74) is 6.57. The van der Waals surface area contributed by atoms with Gasteiger partial charge in [0, 0.05) is 13.1 Å². The molecule has 1 unspecified atom stereocenters. The summed E-state index contributed by atoms with van der Waals surface area (Å²) in [5.74, 6) is 2.01. The molecule has 5 nitrogen and oxygen atoms in total. The van der Waals surface area contributed by atoms with E-state index in [1.807, 2.05) is 14.0 Å². The fourth-order valence-corrected chi connectivity index (χ4v) is 1.99. The molecule has 2 rings (SSSR count). The van der Waals surface area contributed by atoms with Crippen molar-refractivity contribution in [3.05, 3.63) is 6.33 Å². The van der Waals surface area contributed by atoms with Crippen molar-refractivity contribution >= 4 is 11.5 Å². The molecule has 1 heterocycles. The summed E-state index contributed by atoms with van der Waals surface area (Å²) in [6, 6.07) is 0.460. The van der Waals surface area contributed by atoms with Gasteiger partial charge < -0.3 is 15.4 Å². The second-order valence-corrected chi connectivity index (χ2v) is 4.54. The molecule has 0 aliphatic heterocycles. The second-order valence-electron chi connectivity index (χ2n) is 4.54. The molecule has 1 saturated carbocycles. The third kappa shape index (κ3) is 2.43. The lowest BCUT2D eigenvalue weighted by Gasteiger charge is -2.27. The Balaban J connectivity index is 2.21. The Labute approximate surface area is 102 Å². The first-order valence-corrected chi connectivity index (χ1v) is 6.11. The Bertz CT molecular complexity index is 392. The number of nitrogens with two attached hydrogens (primary N) is 1. The number of aromatic nitrogens is 2. The Morgan fingerprint density at radius 2 is 2.24 bits per heavy atom. The van der Waals surface area contributed by atoms with E-state index < -0.39 is 0 Å². The minimum absolute atomic E-state index is 0.460. The molecular formula is C12H20N4O. The van der Waals surface area contributed by atoms with Crippen molar-refractivity contribution in [2.24, 2.45) is 5.92 Å². The van der Waals surface area contributed by atoms with Crippen molar-refractivity contribution in [2.75, 3.05) is 24.3 Å². The van der Waals surface area contributed by atoms with E-state index in [-0.39, 0.29) is 0 Å². The summed E-state index contributed by atoms with van der Waals surface area (Å²) in [6.45, 7) is 4.68. The molecule has 0 aromatic carbocycles. The lowest BCUT2D eigenvalue weighted by Crippen LogP contribution is -2.32. The van der Waals surface area contributed by atoms with Crippen molar-refractivity contribution < 1.29 is 4.74 Å². The topological polar surface area (TPSA) is 64.3 Å². The van der Waals surface area contributed by atoms with Gasteiger partial charge in [0.1, 0.15) is 12.0 Å². The molecule has 17 heavy (non-hydrogen) atoms. The maximum absolute atomic E-state index is 6.04. The van der Waals surface area contributed by atoms with Gasteiger partial charge in [-0.15, -0.1) is 0 Å². The van der Waals surface area contributed by atoms with Gasteiger partial charge in [-0.05, 0) is 32.6 Å².